The number of alkyl halides is 3. The van der Waals surface area contributed by atoms with E-state index in [4.69, 9.17) is 0 Å². The van der Waals surface area contributed by atoms with Crippen LogP contribution in [0, 0.1) is 18.8 Å². The second-order valence-corrected chi connectivity index (χ2v) is 8.85. The van der Waals surface area contributed by atoms with E-state index in [9.17, 15) is 18.0 Å². The SMILES string of the molecule is Cc1ccc(-n2nccn2)c(C(=O)N2C3CC(C3)C(C)C2CNc2ccc(C(F)(F)F)nn2)n1. The zero-order chi connectivity index (χ0) is 24.0. The molecule has 1 saturated carbocycles. The molecule has 1 aliphatic carbocycles. The van der Waals surface area contributed by atoms with Gasteiger partial charge < -0.3 is 10.2 Å². The first kappa shape index (κ1) is 22.2. The maximum Gasteiger partial charge on any atom is 0.435 e. The van der Waals surface area contributed by atoms with Gasteiger partial charge in [-0.05, 0) is 55.9 Å². The van der Waals surface area contributed by atoms with Crippen molar-refractivity contribution in [3.63, 3.8) is 0 Å². The number of pyridine rings is 1. The lowest BCUT2D eigenvalue weighted by Gasteiger charge is -2.57. The molecule has 0 radical (unpaired) electrons. The highest BCUT2D eigenvalue weighted by Gasteiger charge is 2.51. The van der Waals surface area contributed by atoms with Gasteiger partial charge in [-0.1, -0.05) is 6.92 Å². The number of carbonyl (C=O) groups is 1. The summed E-state index contributed by atoms with van der Waals surface area (Å²) in [7, 11) is 0. The molecule has 3 aromatic heterocycles. The Balaban J connectivity index is 1.40. The number of aryl methyl sites for hydroxylation is 1. The number of hydrogen-bond acceptors (Lipinski definition) is 7. The van der Waals surface area contributed by atoms with Gasteiger partial charge in [-0.2, -0.15) is 23.4 Å². The normalized spacial score (nSPS) is 24.0. The molecule has 3 aliphatic rings. The molecule has 9 nitrogen and oxygen atoms in total. The molecule has 0 spiro atoms. The van der Waals surface area contributed by atoms with E-state index in [1.165, 1.54) is 23.3 Å². The Morgan fingerprint density at radius 2 is 1.85 bits per heavy atom. The highest BCUT2D eigenvalue weighted by molar-refractivity contribution is 5.96. The Bertz CT molecular complexity index is 1180. The van der Waals surface area contributed by atoms with Crippen LogP contribution >= 0.6 is 0 Å². The van der Waals surface area contributed by atoms with Crippen molar-refractivity contribution < 1.29 is 18.0 Å². The van der Waals surface area contributed by atoms with Crippen molar-refractivity contribution in [1.29, 1.82) is 0 Å². The molecule has 1 amide bonds. The topological polar surface area (TPSA) is 102 Å². The molecule has 1 N–H and O–H groups in total. The third-order valence-corrected chi connectivity index (χ3v) is 6.78. The van der Waals surface area contributed by atoms with Crippen LogP contribution in [0.4, 0.5) is 19.0 Å². The summed E-state index contributed by atoms with van der Waals surface area (Å²) in [6, 6.07) is 5.61. The Labute approximate surface area is 193 Å². The summed E-state index contributed by atoms with van der Waals surface area (Å²) in [6.07, 6.45) is 0.363. The van der Waals surface area contributed by atoms with Crippen molar-refractivity contribution in [3.8, 4) is 5.69 Å². The third kappa shape index (κ3) is 3.97. The second-order valence-electron chi connectivity index (χ2n) is 8.85. The first-order valence-electron chi connectivity index (χ1n) is 11.0. The van der Waals surface area contributed by atoms with Gasteiger partial charge in [-0.3, -0.25) is 4.79 Å². The first-order chi connectivity index (χ1) is 16.2. The predicted molar refractivity (Wildman–Crippen MR) is 115 cm³/mol. The van der Waals surface area contributed by atoms with Gasteiger partial charge in [0.2, 0.25) is 0 Å². The second kappa shape index (κ2) is 8.33. The Morgan fingerprint density at radius 1 is 1.12 bits per heavy atom. The van der Waals surface area contributed by atoms with E-state index in [0.717, 1.165) is 18.9 Å². The minimum atomic E-state index is -4.55. The number of fused-ring (bicyclic) bond motifs is 2. The van der Waals surface area contributed by atoms with E-state index in [-0.39, 0.29) is 35.4 Å². The Morgan fingerprint density at radius 3 is 2.50 bits per heavy atom. The van der Waals surface area contributed by atoms with E-state index in [1.54, 1.807) is 12.1 Å². The van der Waals surface area contributed by atoms with Crippen LogP contribution in [0.15, 0.2) is 36.7 Å². The molecule has 2 aliphatic heterocycles. The lowest BCUT2D eigenvalue weighted by atomic mass is 9.64. The Kier molecular flexibility index (Phi) is 5.45. The fraction of sp³-hybridized carbons (Fsp3) is 0.455. The van der Waals surface area contributed by atoms with Gasteiger partial charge in [-0.15, -0.1) is 15.0 Å². The minimum Gasteiger partial charge on any atom is -0.367 e. The third-order valence-electron chi connectivity index (χ3n) is 6.78. The number of piperidine rings is 2. The number of nitrogens with zero attached hydrogens (tertiary/aromatic N) is 7. The van der Waals surface area contributed by atoms with Gasteiger partial charge in [0, 0.05) is 18.3 Å². The molecular formula is C22H23F3N8O. The molecule has 6 rings (SSSR count). The van der Waals surface area contributed by atoms with E-state index in [2.05, 4.69) is 37.6 Å². The van der Waals surface area contributed by atoms with Crippen molar-refractivity contribution in [2.45, 2.75) is 44.9 Å². The summed E-state index contributed by atoms with van der Waals surface area (Å²) in [6.45, 7) is 4.25. The Hall–Kier alpha value is -3.57. The molecule has 2 unspecified atom stereocenters. The van der Waals surface area contributed by atoms with E-state index < -0.39 is 11.9 Å². The summed E-state index contributed by atoms with van der Waals surface area (Å²) >= 11 is 0. The maximum atomic E-state index is 13.8. The summed E-state index contributed by atoms with van der Waals surface area (Å²) in [4.78, 5) is 21.6. The maximum absolute atomic E-state index is 13.8. The highest BCUT2D eigenvalue weighted by atomic mass is 19.4. The van der Waals surface area contributed by atoms with Crippen LogP contribution in [0.5, 0.6) is 0 Å². The molecule has 2 bridgehead atoms. The van der Waals surface area contributed by atoms with E-state index in [0.29, 0.717) is 23.8 Å². The number of nitrogens with one attached hydrogen (secondary N) is 1. The lowest BCUT2D eigenvalue weighted by Crippen LogP contribution is -2.64. The summed E-state index contributed by atoms with van der Waals surface area (Å²) < 4.78 is 38.3. The molecule has 3 aromatic rings. The molecule has 2 atom stereocenters. The number of aromatic nitrogens is 6. The number of rotatable bonds is 5. The minimum absolute atomic E-state index is 0.0833. The average molecular weight is 472 g/mol. The lowest BCUT2D eigenvalue weighted by molar-refractivity contribution is -0.141. The quantitative estimate of drug-likeness (QED) is 0.609. The van der Waals surface area contributed by atoms with Gasteiger partial charge in [0.15, 0.2) is 11.4 Å². The largest absolute Gasteiger partial charge is 0.435 e. The van der Waals surface area contributed by atoms with Crippen LogP contribution in [-0.2, 0) is 6.18 Å². The van der Waals surface area contributed by atoms with Gasteiger partial charge >= 0.3 is 6.18 Å². The van der Waals surface area contributed by atoms with Crippen LogP contribution in [-0.4, -0.2) is 59.6 Å². The van der Waals surface area contributed by atoms with Gasteiger partial charge in [-0.25, -0.2) is 4.98 Å². The fourth-order valence-corrected chi connectivity index (χ4v) is 4.84. The molecule has 34 heavy (non-hydrogen) atoms. The molecule has 12 heteroatoms. The smallest absolute Gasteiger partial charge is 0.367 e. The highest BCUT2D eigenvalue weighted by Crippen LogP contribution is 2.47. The van der Waals surface area contributed by atoms with Crippen molar-refractivity contribution in [1.82, 2.24) is 35.1 Å². The van der Waals surface area contributed by atoms with Gasteiger partial charge in [0.1, 0.15) is 11.5 Å². The van der Waals surface area contributed by atoms with Crippen LogP contribution in [0.2, 0.25) is 0 Å². The monoisotopic (exact) mass is 472 g/mol. The first-order valence-corrected chi connectivity index (χ1v) is 11.0. The summed E-state index contributed by atoms with van der Waals surface area (Å²) in [5, 5.41) is 18.3. The van der Waals surface area contributed by atoms with E-state index in [1.807, 2.05) is 11.8 Å². The van der Waals surface area contributed by atoms with Crippen LogP contribution < -0.4 is 5.32 Å². The number of halogens is 3. The average Bonchev–Trinajstić information content (AvgIpc) is 3.31. The van der Waals surface area contributed by atoms with Crippen LogP contribution in [0.3, 0.4) is 0 Å². The number of anilines is 1. The number of hydrogen-bond donors (Lipinski definition) is 1. The zero-order valence-electron chi connectivity index (χ0n) is 18.6. The summed E-state index contributed by atoms with van der Waals surface area (Å²) in [5.41, 5.74) is 0.418. The zero-order valence-corrected chi connectivity index (χ0v) is 18.6. The van der Waals surface area contributed by atoms with Crippen LogP contribution in [0.25, 0.3) is 5.69 Å². The van der Waals surface area contributed by atoms with Gasteiger partial charge in [0.05, 0.1) is 18.4 Å². The number of amides is 1. The van der Waals surface area contributed by atoms with Crippen molar-refractivity contribution in [2.24, 2.45) is 11.8 Å². The number of carbonyl (C=O) groups excluding carboxylic acids is 1. The molecule has 5 heterocycles. The molecule has 3 fully saturated rings. The molecular weight excluding hydrogens is 449 g/mol. The standard InChI is InChI=1S/C22H23F3N8O/c1-12-3-4-16(33-27-7-8-28-33)20(29-12)21(34)32-15-9-14(10-15)13(2)17(32)11-26-19-6-5-18(30-31-19)22(23,24)25/h3-8,13-15,17H,9-11H2,1-2H3,(H,26,31). The molecule has 0 aromatic carbocycles. The van der Waals surface area contributed by atoms with Gasteiger partial charge in [0.25, 0.3) is 5.91 Å². The van der Waals surface area contributed by atoms with Crippen molar-refractivity contribution in [3.05, 3.63) is 53.7 Å². The van der Waals surface area contributed by atoms with Crippen molar-refractivity contribution >= 4 is 11.7 Å². The molecule has 2 saturated heterocycles. The molecule has 178 valence electrons. The van der Waals surface area contributed by atoms with Crippen molar-refractivity contribution in [2.75, 3.05) is 11.9 Å². The fourth-order valence-electron chi connectivity index (χ4n) is 4.84. The predicted octanol–water partition coefficient (Wildman–Crippen LogP) is 3.13. The summed E-state index contributed by atoms with van der Waals surface area (Å²) in [5.74, 6) is 0.704. The van der Waals surface area contributed by atoms with E-state index >= 15 is 0 Å². The van der Waals surface area contributed by atoms with Crippen LogP contribution in [0.1, 0.15) is 41.6 Å².